The molecule has 1 aromatic carbocycles. The topological polar surface area (TPSA) is 65.3 Å². The van der Waals surface area contributed by atoms with Crippen LogP contribution in [0.15, 0.2) is 42.6 Å². The van der Waals surface area contributed by atoms with E-state index in [2.05, 4.69) is 38.6 Å². The minimum Gasteiger partial charge on any atom is -0.474 e. The number of hydrogen-bond acceptors (Lipinski definition) is 6. The fourth-order valence-corrected chi connectivity index (χ4v) is 5.16. The maximum Gasteiger partial charge on any atom is 0.213 e. The Hall–Kier alpha value is -2.48. The molecule has 2 unspecified atom stereocenters. The highest BCUT2D eigenvalue weighted by molar-refractivity contribution is 6.30. The van der Waals surface area contributed by atoms with Crippen molar-refractivity contribution >= 4 is 11.6 Å². The van der Waals surface area contributed by atoms with E-state index in [1.165, 1.54) is 5.56 Å². The lowest BCUT2D eigenvalue weighted by Gasteiger charge is -2.28. The summed E-state index contributed by atoms with van der Waals surface area (Å²) in [5.74, 6) is 3.03. The van der Waals surface area contributed by atoms with Gasteiger partial charge in [-0.1, -0.05) is 17.7 Å². The van der Waals surface area contributed by atoms with Gasteiger partial charge in [0.05, 0.1) is 11.8 Å². The van der Waals surface area contributed by atoms with Crippen LogP contribution in [0.3, 0.4) is 0 Å². The van der Waals surface area contributed by atoms with Gasteiger partial charge in [0.1, 0.15) is 24.0 Å². The number of ether oxygens (including phenoxy) is 2. The maximum absolute atomic E-state index is 6.40. The molecule has 3 heterocycles. The molecule has 34 heavy (non-hydrogen) atoms. The Bertz CT molecular complexity index is 1110. The first kappa shape index (κ1) is 23.3. The number of aromatic nitrogens is 4. The van der Waals surface area contributed by atoms with Gasteiger partial charge in [0.15, 0.2) is 0 Å². The summed E-state index contributed by atoms with van der Waals surface area (Å²) in [5.41, 5.74) is 2.30. The Morgan fingerprint density at radius 1 is 1.03 bits per heavy atom. The molecule has 8 heteroatoms. The first-order chi connectivity index (χ1) is 16.5. The molecule has 2 aliphatic rings. The molecule has 0 N–H and O–H groups in total. The average molecular weight is 482 g/mol. The van der Waals surface area contributed by atoms with Gasteiger partial charge in [0.2, 0.25) is 5.88 Å². The second-order valence-corrected chi connectivity index (χ2v) is 10.0. The third-order valence-corrected chi connectivity index (χ3v) is 7.21. The normalized spacial score (nSPS) is 23.1. The number of hydrogen-bond donors (Lipinski definition) is 0. The van der Waals surface area contributed by atoms with Gasteiger partial charge in [-0.05, 0) is 76.5 Å². The van der Waals surface area contributed by atoms with Gasteiger partial charge in [-0.2, -0.15) is 0 Å². The van der Waals surface area contributed by atoms with Crippen LogP contribution >= 0.6 is 11.6 Å². The van der Waals surface area contributed by atoms with Gasteiger partial charge in [-0.25, -0.2) is 4.98 Å². The Morgan fingerprint density at radius 2 is 1.85 bits per heavy atom. The van der Waals surface area contributed by atoms with E-state index in [1.807, 2.05) is 38.4 Å². The molecular formula is C26H32ClN5O2. The predicted octanol–water partition coefficient (Wildman–Crippen LogP) is 4.81. The number of rotatable bonds is 6. The molecule has 1 fully saturated rings. The predicted molar refractivity (Wildman–Crippen MR) is 132 cm³/mol. The third-order valence-electron chi connectivity index (χ3n) is 6.98. The fraction of sp³-hybridized carbons (Fsp3) is 0.500. The van der Waals surface area contributed by atoms with Gasteiger partial charge in [-0.3, -0.25) is 9.47 Å². The highest BCUT2D eigenvalue weighted by atomic mass is 35.5. The molecule has 0 amide bonds. The summed E-state index contributed by atoms with van der Waals surface area (Å²) in [6.07, 6.45) is 7.46. The second kappa shape index (κ2) is 10.0. The number of benzene rings is 1. The van der Waals surface area contributed by atoms with Crippen molar-refractivity contribution in [3.63, 3.8) is 0 Å². The first-order valence-electron chi connectivity index (χ1n) is 12.1. The van der Waals surface area contributed by atoms with Crippen molar-refractivity contribution in [3.05, 3.63) is 64.8 Å². The van der Waals surface area contributed by atoms with Crippen molar-refractivity contribution in [2.45, 2.75) is 69.8 Å². The molecule has 180 valence electrons. The Balaban J connectivity index is 1.38. The van der Waals surface area contributed by atoms with E-state index in [0.717, 1.165) is 60.9 Å². The quantitative estimate of drug-likeness (QED) is 0.470. The maximum atomic E-state index is 6.40. The van der Waals surface area contributed by atoms with E-state index < -0.39 is 0 Å². The van der Waals surface area contributed by atoms with E-state index in [-0.39, 0.29) is 18.4 Å². The van der Waals surface area contributed by atoms with E-state index in [1.54, 1.807) is 6.20 Å². The Labute approximate surface area is 206 Å². The summed E-state index contributed by atoms with van der Waals surface area (Å²) in [6, 6.07) is 11.9. The van der Waals surface area contributed by atoms with Crippen molar-refractivity contribution in [2.75, 3.05) is 14.1 Å². The minimum absolute atomic E-state index is 0.00965. The van der Waals surface area contributed by atoms with Crippen molar-refractivity contribution < 1.29 is 9.47 Å². The van der Waals surface area contributed by atoms with Crippen LogP contribution in [0.5, 0.6) is 5.88 Å². The number of fused-ring (bicyclic) bond motifs is 3. The zero-order valence-electron chi connectivity index (χ0n) is 20.0. The van der Waals surface area contributed by atoms with Crippen LogP contribution in [0.2, 0.25) is 5.02 Å². The summed E-state index contributed by atoms with van der Waals surface area (Å²) in [7, 11) is 4.06. The third kappa shape index (κ3) is 4.97. The standard InChI is InChI=1S/C26H32ClN5O2/c1-17(31(2)3)33-22-15-19-14-20(27)9-12-23(19)32-24(16-22)29-30-26(32)18-7-10-21(11-8-18)34-25-6-4-5-13-28-25/h4-6,9,12-14,17-18,21-22H,7-8,10-11,15-16H2,1-3H3/t17?,18-,21-,22?. The second-order valence-electron chi connectivity index (χ2n) is 9.57. The molecular weight excluding hydrogens is 450 g/mol. The Morgan fingerprint density at radius 3 is 2.59 bits per heavy atom. The number of nitrogens with zero attached hydrogens (tertiary/aromatic N) is 5. The minimum atomic E-state index is 0.00965. The van der Waals surface area contributed by atoms with Gasteiger partial charge < -0.3 is 9.47 Å². The van der Waals surface area contributed by atoms with Crippen LogP contribution in [0.1, 0.15) is 55.7 Å². The Kier molecular flexibility index (Phi) is 6.86. The zero-order chi connectivity index (χ0) is 23.7. The van der Waals surface area contributed by atoms with Crippen molar-refractivity contribution in [3.8, 4) is 11.6 Å². The largest absolute Gasteiger partial charge is 0.474 e. The summed E-state index contributed by atoms with van der Waals surface area (Å²) in [4.78, 5) is 6.38. The smallest absolute Gasteiger partial charge is 0.213 e. The van der Waals surface area contributed by atoms with Crippen LogP contribution in [0.25, 0.3) is 5.69 Å². The van der Waals surface area contributed by atoms with Crippen LogP contribution in [-0.4, -0.2) is 57.2 Å². The SMILES string of the molecule is CC(OC1Cc2cc(Cl)ccc2-n2c(nnc2[C@H]2CC[C@H](Oc3ccccn3)CC2)C1)N(C)C. The lowest BCUT2D eigenvalue weighted by Crippen LogP contribution is -2.33. The van der Waals surface area contributed by atoms with Crippen molar-refractivity contribution in [1.82, 2.24) is 24.6 Å². The molecule has 1 aliphatic carbocycles. The molecule has 3 aromatic rings. The van der Waals surface area contributed by atoms with Gasteiger partial charge in [-0.15, -0.1) is 10.2 Å². The summed E-state index contributed by atoms with van der Waals surface area (Å²) in [5, 5.41) is 10.1. The molecule has 0 radical (unpaired) electrons. The molecule has 0 bridgehead atoms. The number of halogens is 1. The molecule has 1 aliphatic heterocycles. The van der Waals surface area contributed by atoms with Gasteiger partial charge >= 0.3 is 0 Å². The molecule has 2 atom stereocenters. The fourth-order valence-electron chi connectivity index (χ4n) is 4.97. The van der Waals surface area contributed by atoms with E-state index >= 15 is 0 Å². The average Bonchev–Trinajstić information content (AvgIpc) is 3.17. The summed E-state index contributed by atoms with van der Waals surface area (Å²) >= 11 is 6.40. The molecule has 5 rings (SSSR count). The van der Waals surface area contributed by atoms with Crippen molar-refractivity contribution in [1.29, 1.82) is 0 Å². The van der Waals surface area contributed by atoms with Gasteiger partial charge in [0, 0.05) is 36.0 Å². The van der Waals surface area contributed by atoms with Crippen LogP contribution < -0.4 is 4.74 Å². The summed E-state index contributed by atoms with van der Waals surface area (Å²) in [6.45, 7) is 2.07. The number of pyridine rings is 1. The van der Waals surface area contributed by atoms with Crippen LogP contribution in [0.4, 0.5) is 0 Å². The molecule has 2 aromatic heterocycles. The monoisotopic (exact) mass is 481 g/mol. The lowest BCUT2D eigenvalue weighted by atomic mass is 9.86. The highest BCUT2D eigenvalue weighted by Gasteiger charge is 2.32. The highest BCUT2D eigenvalue weighted by Crippen LogP contribution is 2.37. The molecule has 0 spiro atoms. The van der Waals surface area contributed by atoms with E-state index in [0.29, 0.717) is 11.8 Å². The lowest BCUT2D eigenvalue weighted by molar-refractivity contribution is -0.0700. The molecule has 7 nitrogen and oxygen atoms in total. The molecule has 0 saturated heterocycles. The van der Waals surface area contributed by atoms with Gasteiger partial charge in [0.25, 0.3) is 0 Å². The first-order valence-corrected chi connectivity index (χ1v) is 12.5. The van der Waals surface area contributed by atoms with E-state index in [4.69, 9.17) is 26.2 Å². The van der Waals surface area contributed by atoms with Crippen LogP contribution in [0, 0.1) is 0 Å². The van der Waals surface area contributed by atoms with Crippen molar-refractivity contribution in [2.24, 2.45) is 0 Å². The zero-order valence-corrected chi connectivity index (χ0v) is 20.8. The molecule has 1 saturated carbocycles. The van der Waals surface area contributed by atoms with Crippen LogP contribution in [-0.2, 0) is 17.6 Å². The summed E-state index contributed by atoms with van der Waals surface area (Å²) < 4.78 is 14.8. The van der Waals surface area contributed by atoms with E-state index in [9.17, 15) is 0 Å².